The topological polar surface area (TPSA) is 104 Å². The second kappa shape index (κ2) is 10.9. The van der Waals surface area contributed by atoms with Gasteiger partial charge in [0.05, 0.1) is 24.1 Å². The highest BCUT2D eigenvalue weighted by atomic mass is 35.5. The third-order valence-corrected chi connectivity index (χ3v) is 7.76. The summed E-state index contributed by atoms with van der Waals surface area (Å²) in [6.07, 6.45) is 1.47. The molecular formula is C25H30Cl2N2O5S. The van der Waals surface area contributed by atoms with Crippen molar-refractivity contribution in [3.63, 3.8) is 0 Å². The van der Waals surface area contributed by atoms with E-state index in [4.69, 9.17) is 23.2 Å². The highest BCUT2D eigenvalue weighted by Gasteiger charge is 2.52. The standard InChI is InChI=1S/C25H30Cl2N2O5S/c1-4-20(15-28-35(3,33)34)29-23(16-8-10-18(26)11-9-16)21(17-6-5-7-19(27)12-17)13-25(2,24(29)32)14-22(30)31/h5-12,20-21,23,28H,4,13-15H2,1-3H3,(H,30,31)/t20?,21-,23-,25-/m1/s1. The Morgan fingerprint density at radius 3 is 2.37 bits per heavy atom. The van der Waals surface area contributed by atoms with Crippen LogP contribution in [0.15, 0.2) is 48.5 Å². The summed E-state index contributed by atoms with van der Waals surface area (Å²) in [6, 6.07) is 13.5. The van der Waals surface area contributed by atoms with Crippen LogP contribution < -0.4 is 4.72 Å². The Morgan fingerprint density at radius 2 is 1.83 bits per heavy atom. The normalized spacial score (nSPS) is 23.8. The molecule has 10 heteroatoms. The summed E-state index contributed by atoms with van der Waals surface area (Å²) in [7, 11) is -3.51. The second-order valence-corrected chi connectivity index (χ2v) is 12.1. The van der Waals surface area contributed by atoms with Gasteiger partial charge in [0, 0.05) is 28.5 Å². The first-order valence-electron chi connectivity index (χ1n) is 11.3. The van der Waals surface area contributed by atoms with E-state index < -0.39 is 33.5 Å². The van der Waals surface area contributed by atoms with Crippen LogP contribution >= 0.6 is 23.2 Å². The van der Waals surface area contributed by atoms with E-state index in [1.807, 2.05) is 37.3 Å². The maximum absolute atomic E-state index is 14.0. The zero-order valence-corrected chi connectivity index (χ0v) is 22.2. The maximum atomic E-state index is 14.0. The molecule has 0 aliphatic carbocycles. The van der Waals surface area contributed by atoms with Crippen molar-refractivity contribution >= 4 is 45.1 Å². The van der Waals surface area contributed by atoms with E-state index in [9.17, 15) is 23.1 Å². The average molecular weight is 541 g/mol. The third kappa shape index (κ3) is 6.55. The van der Waals surface area contributed by atoms with Crippen LogP contribution in [0, 0.1) is 5.41 Å². The van der Waals surface area contributed by atoms with Crippen molar-refractivity contribution in [1.82, 2.24) is 9.62 Å². The molecule has 7 nitrogen and oxygen atoms in total. The molecule has 1 unspecified atom stereocenters. The number of aliphatic carboxylic acids is 1. The second-order valence-electron chi connectivity index (χ2n) is 9.39. The van der Waals surface area contributed by atoms with Crippen LogP contribution in [0.25, 0.3) is 0 Å². The number of rotatable bonds is 9. The van der Waals surface area contributed by atoms with Crippen LogP contribution in [-0.4, -0.2) is 49.1 Å². The molecule has 2 aromatic rings. The Kier molecular flexibility index (Phi) is 8.52. The zero-order chi connectivity index (χ0) is 26.0. The molecular weight excluding hydrogens is 511 g/mol. The van der Waals surface area contributed by atoms with Crippen LogP contribution in [0.5, 0.6) is 0 Å². The quantitative estimate of drug-likeness (QED) is 0.472. The Bertz CT molecular complexity index is 1190. The summed E-state index contributed by atoms with van der Waals surface area (Å²) in [4.78, 5) is 27.5. The minimum Gasteiger partial charge on any atom is -0.481 e. The van der Waals surface area contributed by atoms with Gasteiger partial charge < -0.3 is 10.0 Å². The van der Waals surface area contributed by atoms with Crippen molar-refractivity contribution in [1.29, 1.82) is 0 Å². The zero-order valence-electron chi connectivity index (χ0n) is 19.9. The number of carbonyl (C=O) groups excluding carboxylic acids is 1. The monoisotopic (exact) mass is 540 g/mol. The van der Waals surface area contributed by atoms with Gasteiger partial charge in [0.2, 0.25) is 15.9 Å². The fourth-order valence-corrected chi connectivity index (χ4v) is 5.79. The third-order valence-electron chi connectivity index (χ3n) is 6.58. The van der Waals surface area contributed by atoms with Gasteiger partial charge in [0.25, 0.3) is 0 Å². The Balaban J connectivity index is 2.22. The van der Waals surface area contributed by atoms with Crippen molar-refractivity contribution in [2.45, 2.75) is 51.1 Å². The first-order valence-corrected chi connectivity index (χ1v) is 14.0. The van der Waals surface area contributed by atoms with Gasteiger partial charge in [-0.3, -0.25) is 9.59 Å². The van der Waals surface area contributed by atoms with Crippen molar-refractivity contribution in [3.8, 4) is 0 Å². The van der Waals surface area contributed by atoms with Crippen LogP contribution in [-0.2, 0) is 19.6 Å². The molecule has 1 saturated heterocycles. The number of nitrogens with one attached hydrogen (secondary N) is 1. The number of carbonyl (C=O) groups is 2. The average Bonchev–Trinajstić information content (AvgIpc) is 2.76. The number of hydrogen-bond donors (Lipinski definition) is 2. The van der Waals surface area contributed by atoms with Gasteiger partial charge in [-0.25, -0.2) is 13.1 Å². The molecule has 1 heterocycles. The molecule has 2 aromatic carbocycles. The van der Waals surface area contributed by atoms with Crippen molar-refractivity contribution in [2.24, 2.45) is 5.41 Å². The van der Waals surface area contributed by atoms with Crippen LogP contribution in [0.4, 0.5) is 0 Å². The lowest BCUT2D eigenvalue weighted by Gasteiger charge is -2.51. The van der Waals surface area contributed by atoms with Crippen molar-refractivity contribution < 1.29 is 23.1 Å². The molecule has 1 fully saturated rings. The Morgan fingerprint density at radius 1 is 1.17 bits per heavy atom. The van der Waals surface area contributed by atoms with E-state index in [0.717, 1.165) is 17.4 Å². The molecule has 3 rings (SSSR count). The van der Waals surface area contributed by atoms with Gasteiger partial charge in [-0.2, -0.15) is 0 Å². The molecule has 2 N–H and O–H groups in total. The summed E-state index contributed by atoms with van der Waals surface area (Å²) >= 11 is 12.5. The Labute approximate surface area is 216 Å². The number of carboxylic acid groups (broad SMARTS) is 1. The lowest BCUT2D eigenvalue weighted by atomic mass is 9.67. The first kappa shape index (κ1) is 27.5. The SMILES string of the molecule is CCC(CNS(C)(=O)=O)N1C(=O)[C@@](C)(CC(=O)O)C[C@H](c2cccc(Cl)c2)[C@H]1c1ccc(Cl)cc1. The minimum atomic E-state index is -3.51. The van der Waals surface area contributed by atoms with Gasteiger partial charge in [-0.05, 0) is 48.2 Å². The highest BCUT2D eigenvalue weighted by Crippen LogP contribution is 2.52. The van der Waals surface area contributed by atoms with E-state index >= 15 is 0 Å². The predicted molar refractivity (Wildman–Crippen MR) is 137 cm³/mol. The van der Waals surface area contributed by atoms with Gasteiger partial charge >= 0.3 is 5.97 Å². The molecule has 35 heavy (non-hydrogen) atoms. The number of amides is 1. The van der Waals surface area contributed by atoms with Gasteiger partial charge in [-0.15, -0.1) is 0 Å². The smallest absolute Gasteiger partial charge is 0.304 e. The largest absolute Gasteiger partial charge is 0.481 e. The fraction of sp³-hybridized carbons (Fsp3) is 0.440. The maximum Gasteiger partial charge on any atom is 0.304 e. The van der Waals surface area contributed by atoms with E-state index in [-0.39, 0.29) is 31.2 Å². The summed E-state index contributed by atoms with van der Waals surface area (Å²) < 4.78 is 26.3. The molecule has 1 aliphatic heterocycles. The molecule has 4 atom stereocenters. The number of halogens is 2. The van der Waals surface area contributed by atoms with E-state index in [2.05, 4.69) is 4.72 Å². The molecule has 190 valence electrons. The molecule has 0 saturated carbocycles. The number of piperidine rings is 1. The summed E-state index contributed by atoms with van der Waals surface area (Å²) in [5.41, 5.74) is 0.501. The first-order chi connectivity index (χ1) is 16.3. The Hall–Kier alpha value is -2.13. The fourth-order valence-electron chi connectivity index (χ4n) is 4.97. The molecule has 0 aromatic heterocycles. The van der Waals surface area contributed by atoms with Crippen LogP contribution in [0.1, 0.15) is 56.2 Å². The molecule has 1 amide bonds. The number of hydrogen-bond acceptors (Lipinski definition) is 4. The van der Waals surface area contributed by atoms with Crippen molar-refractivity contribution in [2.75, 3.05) is 12.8 Å². The van der Waals surface area contributed by atoms with Crippen molar-refractivity contribution in [3.05, 3.63) is 69.7 Å². The van der Waals surface area contributed by atoms with Gasteiger partial charge in [0.15, 0.2) is 0 Å². The summed E-state index contributed by atoms with van der Waals surface area (Å²) in [5.74, 6) is -1.68. The van der Waals surface area contributed by atoms with Crippen LogP contribution in [0.2, 0.25) is 10.0 Å². The summed E-state index contributed by atoms with van der Waals surface area (Å²) in [5, 5.41) is 10.7. The van der Waals surface area contributed by atoms with E-state index in [1.165, 1.54) is 0 Å². The molecule has 0 spiro atoms. The molecule has 0 bridgehead atoms. The van der Waals surface area contributed by atoms with Gasteiger partial charge in [-0.1, -0.05) is 61.3 Å². The molecule has 0 radical (unpaired) electrons. The number of nitrogens with zero attached hydrogens (tertiary/aromatic N) is 1. The van der Waals surface area contributed by atoms with Crippen LogP contribution in [0.3, 0.4) is 0 Å². The predicted octanol–water partition coefficient (Wildman–Crippen LogP) is 4.86. The summed E-state index contributed by atoms with van der Waals surface area (Å²) in [6.45, 7) is 3.55. The van der Waals surface area contributed by atoms with E-state index in [0.29, 0.717) is 16.5 Å². The lowest BCUT2D eigenvalue weighted by Crippen LogP contribution is -2.58. The number of sulfonamides is 1. The number of carboxylic acids is 1. The minimum absolute atomic E-state index is 0.0105. The lowest BCUT2D eigenvalue weighted by molar-refractivity contribution is -0.160. The number of benzene rings is 2. The highest BCUT2D eigenvalue weighted by molar-refractivity contribution is 7.88. The van der Waals surface area contributed by atoms with Gasteiger partial charge in [0.1, 0.15) is 0 Å². The van der Waals surface area contributed by atoms with E-state index in [1.54, 1.807) is 30.0 Å². The number of likely N-dealkylation sites (tertiary alicyclic amines) is 1. The molecule has 1 aliphatic rings.